The van der Waals surface area contributed by atoms with Gasteiger partial charge in [-0.1, -0.05) is 29.4 Å². The molecule has 0 unspecified atom stereocenters. The zero-order valence-corrected chi connectivity index (χ0v) is 15.0. The second kappa shape index (κ2) is 8.95. The minimum atomic E-state index is -0.119. The van der Waals surface area contributed by atoms with E-state index in [0.29, 0.717) is 24.7 Å². The van der Waals surface area contributed by atoms with Crippen molar-refractivity contribution in [1.82, 2.24) is 15.5 Å². The molecular weight excluding hydrogens is 346 g/mol. The first-order valence-corrected chi connectivity index (χ1v) is 8.61. The second-order valence-electron chi connectivity index (χ2n) is 5.94. The number of rotatable bonds is 8. The summed E-state index contributed by atoms with van der Waals surface area (Å²) in [5.74, 6) is 1.52. The van der Waals surface area contributed by atoms with Crippen LogP contribution < -0.4 is 10.1 Å². The van der Waals surface area contributed by atoms with E-state index in [-0.39, 0.29) is 18.9 Å². The van der Waals surface area contributed by atoms with Crippen molar-refractivity contribution in [3.8, 4) is 17.1 Å². The van der Waals surface area contributed by atoms with E-state index in [1.54, 1.807) is 7.11 Å². The summed E-state index contributed by atoms with van der Waals surface area (Å²) in [6.07, 6.45) is 0.599. The van der Waals surface area contributed by atoms with Crippen LogP contribution in [0.4, 0.5) is 0 Å². The lowest BCUT2D eigenvalue weighted by molar-refractivity contribution is -0.121. The van der Waals surface area contributed by atoms with E-state index in [9.17, 15) is 9.90 Å². The summed E-state index contributed by atoms with van der Waals surface area (Å²) < 4.78 is 10.3. The number of hydrogen-bond donors (Lipinski definition) is 2. The molecule has 0 saturated heterocycles. The number of hydrogen-bond acceptors (Lipinski definition) is 6. The van der Waals surface area contributed by atoms with Crippen molar-refractivity contribution in [2.75, 3.05) is 7.11 Å². The summed E-state index contributed by atoms with van der Waals surface area (Å²) in [5, 5.41) is 16.1. The van der Waals surface area contributed by atoms with Crippen LogP contribution in [-0.2, 0) is 24.4 Å². The van der Waals surface area contributed by atoms with Crippen molar-refractivity contribution in [3.63, 3.8) is 0 Å². The maximum atomic E-state index is 12.1. The number of nitrogens with one attached hydrogen (secondary N) is 1. The molecule has 140 valence electrons. The van der Waals surface area contributed by atoms with Crippen molar-refractivity contribution in [2.24, 2.45) is 0 Å². The molecule has 0 saturated carbocycles. The molecule has 7 nitrogen and oxygen atoms in total. The molecule has 0 bridgehead atoms. The van der Waals surface area contributed by atoms with Crippen LogP contribution in [0.15, 0.2) is 53.1 Å². The van der Waals surface area contributed by atoms with Gasteiger partial charge in [0.1, 0.15) is 5.75 Å². The summed E-state index contributed by atoms with van der Waals surface area (Å²) in [5.41, 5.74) is 2.52. The number of aliphatic hydroxyl groups excluding tert-OH is 1. The summed E-state index contributed by atoms with van der Waals surface area (Å²) in [6.45, 7) is 0.318. The second-order valence-corrected chi connectivity index (χ2v) is 5.94. The van der Waals surface area contributed by atoms with E-state index in [0.717, 1.165) is 22.4 Å². The number of aromatic nitrogens is 2. The van der Waals surface area contributed by atoms with Gasteiger partial charge in [-0.2, -0.15) is 4.98 Å². The summed E-state index contributed by atoms with van der Waals surface area (Å²) in [7, 11) is 1.61. The molecule has 3 aromatic rings. The minimum Gasteiger partial charge on any atom is -0.497 e. The Balaban J connectivity index is 1.51. The average molecular weight is 367 g/mol. The molecule has 3 rings (SSSR count). The zero-order valence-electron chi connectivity index (χ0n) is 15.0. The molecule has 0 radical (unpaired) electrons. The van der Waals surface area contributed by atoms with Gasteiger partial charge in [0.15, 0.2) is 0 Å². The molecule has 1 amide bonds. The molecule has 0 atom stereocenters. The topological polar surface area (TPSA) is 97.5 Å². The van der Waals surface area contributed by atoms with Crippen LogP contribution in [0.3, 0.4) is 0 Å². The van der Waals surface area contributed by atoms with Crippen LogP contribution in [0.1, 0.15) is 23.4 Å². The quantitative estimate of drug-likeness (QED) is 0.635. The van der Waals surface area contributed by atoms with Crippen LogP contribution >= 0.6 is 0 Å². The molecule has 1 heterocycles. The number of aryl methyl sites for hydroxylation is 1. The number of aliphatic hydroxyl groups is 1. The van der Waals surface area contributed by atoms with Gasteiger partial charge in [-0.15, -0.1) is 0 Å². The smallest absolute Gasteiger partial charge is 0.227 e. The lowest BCUT2D eigenvalue weighted by Gasteiger charge is -2.08. The highest BCUT2D eigenvalue weighted by Gasteiger charge is 2.11. The SMILES string of the molecule is COc1ccc(-c2noc(CCC(=O)NCc3ccccc3CO)n2)cc1. The van der Waals surface area contributed by atoms with Gasteiger partial charge >= 0.3 is 0 Å². The van der Waals surface area contributed by atoms with Crippen LogP contribution in [-0.4, -0.2) is 28.3 Å². The first kappa shape index (κ1) is 18.6. The van der Waals surface area contributed by atoms with Crippen LogP contribution in [0, 0.1) is 0 Å². The molecule has 0 fully saturated rings. The van der Waals surface area contributed by atoms with Crippen molar-refractivity contribution < 1.29 is 19.2 Å². The number of carbonyl (C=O) groups is 1. The molecule has 27 heavy (non-hydrogen) atoms. The Morgan fingerprint density at radius 2 is 1.89 bits per heavy atom. The van der Waals surface area contributed by atoms with E-state index in [1.807, 2.05) is 48.5 Å². The van der Waals surface area contributed by atoms with Gasteiger partial charge in [-0.3, -0.25) is 4.79 Å². The molecule has 0 aliphatic carbocycles. The maximum absolute atomic E-state index is 12.1. The number of ether oxygens (including phenoxy) is 1. The average Bonchev–Trinajstić information content (AvgIpc) is 3.20. The number of methoxy groups -OCH3 is 1. The Labute approximate surface area is 157 Å². The standard InChI is InChI=1S/C20H21N3O4/c1-26-17-8-6-14(7-9-17)20-22-19(27-23-20)11-10-18(25)21-12-15-4-2-3-5-16(15)13-24/h2-9,24H,10-13H2,1H3,(H,21,25). The Bertz CT molecular complexity index is 890. The van der Waals surface area contributed by atoms with Crippen LogP contribution in [0.2, 0.25) is 0 Å². The third kappa shape index (κ3) is 4.92. The van der Waals surface area contributed by atoms with Crippen molar-refractivity contribution in [1.29, 1.82) is 0 Å². The van der Waals surface area contributed by atoms with Gasteiger partial charge in [0.05, 0.1) is 13.7 Å². The molecule has 1 aromatic heterocycles. The van der Waals surface area contributed by atoms with Crippen LogP contribution in [0.25, 0.3) is 11.4 Å². The van der Waals surface area contributed by atoms with Gasteiger partial charge in [0, 0.05) is 24.9 Å². The van der Waals surface area contributed by atoms with Crippen LogP contribution in [0.5, 0.6) is 5.75 Å². The lowest BCUT2D eigenvalue weighted by atomic mass is 10.1. The Kier molecular flexibility index (Phi) is 6.17. The predicted octanol–water partition coefficient (Wildman–Crippen LogP) is 2.49. The van der Waals surface area contributed by atoms with E-state index in [4.69, 9.17) is 9.26 Å². The normalized spacial score (nSPS) is 10.6. The third-order valence-electron chi connectivity index (χ3n) is 4.15. The molecular formula is C20H21N3O4. The largest absolute Gasteiger partial charge is 0.497 e. The monoisotopic (exact) mass is 367 g/mol. The van der Waals surface area contributed by atoms with E-state index in [2.05, 4.69) is 15.5 Å². The molecule has 2 N–H and O–H groups in total. The van der Waals surface area contributed by atoms with Gasteiger partial charge in [-0.05, 0) is 35.4 Å². The fourth-order valence-electron chi connectivity index (χ4n) is 2.60. The first-order chi connectivity index (χ1) is 13.2. The molecule has 2 aromatic carbocycles. The lowest BCUT2D eigenvalue weighted by Crippen LogP contribution is -2.23. The van der Waals surface area contributed by atoms with E-state index < -0.39 is 0 Å². The fraction of sp³-hybridized carbons (Fsp3) is 0.250. The van der Waals surface area contributed by atoms with Crippen molar-refractivity contribution >= 4 is 5.91 Å². The minimum absolute atomic E-state index is 0.0534. The van der Waals surface area contributed by atoms with Gasteiger partial charge < -0.3 is 19.7 Å². The molecule has 7 heteroatoms. The van der Waals surface area contributed by atoms with E-state index in [1.165, 1.54) is 0 Å². The highest BCUT2D eigenvalue weighted by Crippen LogP contribution is 2.20. The molecule has 0 aliphatic rings. The fourth-order valence-corrected chi connectivity index (χ4v) is 2.60. The number of amides is 1. The zero-order chi connectivity index (χ0) is 19.1. The number of benzene rings is 2. The summed E-state index contributed by atoms with van der Waals surface area (Å²) in [6, 6.07) is 14.8. The highest BCUT2D eigenvalue weighted by atomic mass is 16.5. The maximum Gasteiger partial charge on any atom is 0.227 e. The Morgan fingerprint density at radius 3 is 2.59 bits per heavy atom. The van der Waals surface area contributed by atoms with Gasteiger partial charge in [-0.25, -0.2) is 0 Å². The third-order valence-corrected chi connectivity index (χ3v) is 4.15. The Morgan fingerprint density at radius 1 is 1.15 bits per heavy atom. The van der Waals surface area contributed by atoms with Crippen molar-refractivity contribution in [2.45, 2.75) is 26.0 Å². The molecule has 0 aliphatic heterocycles. The van der Waals surface area contributed by atoms with E-state index >= 15 is 0 Å². The number of carbonyl (C=O) groups excluding carboxylic acids is 1. The first-order valence-electron chi connectivity index (χ1n) is 8.61. The highest BCUT2D eigenvalue weighted by molar-refractivity contribution is 5.76. The Hall–Kier alpha value is -3.19. The summed E-state index contributed by atoms with van der Waals surface area (Å²) in [4.78, 5) is 16.4. The predicted molar refractivity (Wildman–Crippen MR) is 98.8 cm³/mol. The van der Waals surface area contributed by atoms with Gasteiger partial charge in [0.25, 0.3) is 0 Å². The van der Waals surface area contributed by atoms with Gasteiger partial charge in [0.2, 0.25) is 17.6 Å². The van der Waals surface area contributed by atoms with Crippen molar-refractivity contribution in [3.05, 3.63) is 65.5 Å². The molecule has 0 spiro atoms. The summed E-state index contributed by atoms with van der Waals surface area (Å²) >= 11 is 0. The number of nitrogens with zero attached hydrogens (tertiary/aromatic N) is 2.